The van der Waals surface area contributed by atoms with Crippen molar-refractivity contribution < 1.29 is 27.5 Å². The number of hydrogen-bond acceptors (Lipinski definition) is 3. The van der Waals surface area contributed by atoms with Crippen LogP contribution in [-0.2, 0) is 26.9 Å². The van der Waals surface area contributed by atoms with E-state index in [0.717, 1.165) is 37.8 Å². The van der Waals surface area contributed by atoms with E-state index in [1.165, 1.54) is 19.2 Å². The number of rotatable bonds is 9. The second-order valence-electron chi connectivity index (χ2n) is 5.86. The predicted octanol–water partition coefficient (Wildman–Crippen LogP) is 3.88. The van der Waals surface area contributed by atoms with Crippen LogP contribution in [0.25, 0.3) is 0 Å². The molecule has 0 saturated carbocycles. The second kappa shape index (κ2) is 10.1. The van der Waals surface area contributed by atoms with E-state index in [1.54, 1.807) is 0 Å². The van der Waals surface area contributed by atoms with Gasteiger partial charge in [0.2, 0.25) is 5.91 Å². The number of benzene rings is 1. The normalized spacial score (nSPS) is 12.5. The summed E-state index contributed by atoms with van der Waals surface area (Å²) in [6.45, 7) is 2.07. The molecule has 1 amide bonds. The van der Waals surface area contributed by atoms with Crippen LogP contribution in [0.4, 0.5) is 13.2 Å². The maximum Gasteiger partial charge on any atom is 0.416 e. The Bertz CT molecular complexity index is 556. The SMILES string of the molecule is CCCCCC[C@@H](NC(=O)Cc1ccc(C(F)(F)F)cc1)C(=O)OC. The summed E-state index contributed by atoms with van der Waals surface area (Å²) in [4.78, 5) is 23.8. The Morgan fingerprint density at radius 1 is 1.12 bits per heavy atom. The highest BCUT2D eigenvalue weighted by molar-refractivity contribution is 5.85. The molecule has 0 unspecified atom stereocenters. The van der Waals surface area contributed by atoms with Gasteiger partial charge in [-0.25, -0.2) is 4.79 Å². The minimum atomic E-state index is -4.41. The van der Waals surface area contributed by atoms with Crippen molar-refractivity contribution in [2.24, 2.45) is 0 Å². The Balaban J connectivity index is 2.60. The first kappa shape index (κ1) is 21.0. The Hall–Kier alpha value is -2.05. The number of alkyl halides is 3. The number of ether oxygens (including phenoxy) is 1. The number of carbonyl (C=O) groups excluding carboxylic acids is 2. The fourth-order valence-electron chi connectivity index (χ4n) is 2.41. The average Bonchev–Trinajstić information content (AvgIpc) is 2.56. The number of halogens is 3. The molecule has 1 aromatic rings. The summed E-state index contributed by atoms with van der Waals surface area (Å²) >= 11 is 0. The van der Waals surface area contributed by atoms with Crippen LogP contribution >= 0.6 is 0 Å². The third-order valence-electron chi connectivity index (χ3n) is 3.81. The molecule has 0 aliphatic rings. The van der Waals surface area contributed by atoms with Gasteiger partial charge in [-0.3, -0.25) is 4.79 Å². The molecule has 25 heavy (non-hydrogen) atoms. The summed E-state index contributed by atoms with van der Waals surface area (Å²) in [7, 11) is 1.25. The topological polar surface area (TPSA) is 55.4 Å². The van der Waals surface area contributed by atoms with E-state index in [-0.39, 0.29) is 6.42 Å². The summed E-state index contributed by atoms with van der Waals surface area (Å²) in [6, 6.07) is 3.66. The van der Waals surface area contributed by atoms with Crippen LogP contribution in [0, 0.1) is 0 Å². The maximum atomic E-state index is 12.5. The van der Waals surface area contributed by atoms with E-state index >= 15 is 0 Å². The molecule has 0 radical (unpaired) electrons. The minimum Gasteiger partial charge on any atom is -0.467 e. The van der Waals surface area contributed by atoms with Crippen LogP contribution in [0.2, 0.25) is 0 Å². The van der Waals surface area contributed by atoms with Crippen LogP contribution in [0.15, 0.2) is 24.3 Å². The fourth-order valence-corrected chi connectivity index (χ4v) is 2.41. The van der Waals surface area contributed by atoms with E-state index in [1.807, 2.05) is 0 Å². The highest BCUT2D eigenvalue weighted by Gasteiger charge is 2.30. The minimum absolute atomic E-state index is 0.0966. The molecule has 1 atom stereocenters. The molecular formula is C18H24F3NO3. The Kier molecular flexibility index (Phi) is 8.45. The summed E-state index contributed by atoms with van der Waals surface area (Å²) in [5.74, 6) is -0.942. The lowest BCUT2D eigenvalue weighted by Gasteiger charge is -2.16. The molecule has 0 aromatic heterocycles. The maximum absolute atomic E-state index is 12.5. The van der Waals surface area contributed by atoms with Gasteiger partial charge in [-0.05, 0) is 24.1 Å². The summed E-state index contributed by atoms with van der Waals surface area (Å²) in [5, 5.41) is 2.60. The van der Waals surface area contributed by atoms with E-state index in [9.17, 15) is 22.8 Å². The van der Waals surface area contributed by atoms with Crippen molar-refractivity contribution in [2.75, 3.05) is 7.11 Å². The zero-order chi connectivity index (χ0) is 18.9. The van der Waals surface area contributed by atoms with Crippen LogP contribution in [0.5, 0.6) is 0 Å². The summed E-state index contributed by atoms with van der Waals surface area (Å²) < 4.78 is 42.3. The number of carbonyl (C=O) groups is 2. The first-order valence-corrected chi connectivity index (χ1v) is 8.31. The van der Waals surface area contributed by atoms with Crippen molar-refractivity contribution in [2.45, 2.75) is 57.7 Å². The number of hydrogen-bond donors (Lipinski definition) is 1. The smallest absolute Gasteiger partial charge is 0.416 e. The zero-order valence-electron chi connectivity index (χ0n) is 14.5. The molecule has 0 saturated heterocycles. The fraction of sp³-hybridized carbons (Fsp3) is 0.556. The van der Waals surface area contributed by atoms with Crippen molar-refractivity contribution in [3.8, 4) is 0 Å². The molecule has 0 spiro atoms. The average molecular weight is 359 g/mol. The van der Waals surface area contributed by atoms with Crippen molar-refractivity contribution in [3.63, 3.8) is 0 Å². The molecule has 7 heteroatoms. The molecular weight excluding hydrogens is 335 g/mol. The second-order valence-corrected chi connectivity index (χ2v) is 5.86. The Morgan fingerprint density at radius 3 is 2.28 bits per heavy atom. The van der Waals surface area contributed by atoms with Gasteiger partial charge in [0.15, 0.2) is 0 Å². The Morgan fingerprint density at radius 2 is 1.76 bits per heavy atom. The summed E-state index contributed by atoms with van der Waals surface area (Å²) in [6.07, 6.45) is -0.176. The van der Waals surface area contributed by atoms with E-state index in [4.69, 9.17) is 4.74 Å². The van der Waals surface area contributed by atoms with Gasteiger partial charge >= 0.3 is 12.1 Å². The van der Waals surface area contributed by atoms with Gasteiger partial charge in [0.25, 0.3) is 0 Å². The molecule has 0 bridgehead atoms. The molecule has 1 N–H and O–H groups in total. The molecule has 4 nitrogen and oxygen atoms in total. The van der Waals surface area contributed by atoms with Gasteiger partial charge < -0.3 is 10.1 Å². The highest BCUT2D eigenvalue weighted by atomic mass is 19.4. The lowest BCUT2D eigenvalue weighted by molar-refractivity contribution is -0.145. The van der Waals surface area contributed by atoms with Crippen molar-refractivity contribution >= 4 is 11.9 Å². The van der Waals surface area contributed by atoms with Gasteiger partial charge in [-0.2, -0.15) is 13.2 Å². The first-order valence-electron chi connectivity index (χ1n) is 8.31. The molecule has 1 rings (SSSR count). The third-order valence-corrected chi connectivity index (χ3v) is 3.81. The third kappa shape index (κ3) is 7.58. The molecule has 1 aromatic carbocycles. The van der Waals surface area contributed by atoms with Crippen molar-refractivity contribution in [3.05, 3.63) is 35.4 Å². The number of methoxy groups -OCH3 is 1. The van der Waals surface area contributed by atoms with Gasteiger partial charge in [-0.1, -0.05) is 44.7 Å². The van der Waals surface area contributed by atoms with E-state index in [0.29, 0.717) is 12.0 Å². The van der Waals surface area contributed by atoms with Crippen molar-refractivity contribution in [1.29, 1.82) is 0 Å². The standard InChI is InChI=1S/C18H24F3NO3/c1-3-4-5-6-7-15(17(24)25-2)22-16(23)12-13-8-10-14(11-9-13)18(19,20)21/h8-11,15H,3-7,12H2,1-2H3,(H,22,23)/t15-/m1/s1. The quantitative estimate of drug-likeness (QED) is 0.538. The first-order chi connectivity index (χ1) is 11.8. The Labute approximate surface area is 145 Å². The predicted molar refractivity (Wildman–Crippen MR) is 87.9 cm³/mol. The number of nitrogens with one attached hydrogen (secondary N) is 1. The van der Waals surface area contributed by atoms with Gasteiger partial charge in [-0.15, -0.1) is 0 Å². The van der Waals surface area contributed by atoms with E-state index in [2.05, 4.69) is 12.2 Å². The number of amides is 1. The highest BCUT2D eigenvalue weighted by Crippen LogP contribution is 2.29. The van der Waals surface area contributed by atoms with Crippen LogP contribution in [0.1, 0.15) is 50.2 Å². The van der Waals surface area contributed by atoms with Crippen LogP contribution in [-0.4, -0.2) is 25.0 Å². The molecule has 0 fully saturated rings. The summed E-state index contributed by atoms with van der Waals surface area (Å²) in [5.41, 5.74) is -0.319. The lowest BCUT2D eigenvalue weighted by Crippen LogP contribution is -2.42. The number of unbranched alkanes of at least 4 members (excludes halogenated alkanes) is 3. The van der Waals surface area contributed by atoms with E-state index < -0.39 is 29.7 Å². The largest absolute Gasteiger partial charge is 0.467 e. The number of esters is 1. The molecule has 0 aliphatic carbocycles. The monoisotopic (exact) mass is 359 g/mol. The van der Waals surface area contributed by atoms with Gasteiger partial charge in [0.1, 0.15) is 6.04 Å². The van der Waals surface area contributed by atoms with Gasteiger partial charge in [0.05, 0.1) is 19.1 Å². The van der Waals surface area contributed by atoms with Crippen LogP contribution in [0.3, 0.4) is 0 Å². The molecule has 0 aliphatic heterocycles. The lowest BCUT2D eigenvalue weighted by atomic mass is 10.1. The molecule has 140 valence electrons. The molecule has 0 heterocycles. The van der Waals surface area contributed by atoms with Crippen molar-refractivity contribution in [1.82, 2.24) is 5.32 Å². The van der Waals surface area contributed by atoms with Crippen LogP contribution < -0.4 is 5.32 Å². The zero-order valence-corrected chi connectivity index (χ0v) is 14.5. The van der Waals surface area contributed by atoms with Gasteiger partial charge in [0, 0.05) is 0 Å².